The van der Waals surface area contributed by atoms with E-state index in [1.54, 1.807) is 17.0 Å². The van der Waals surface area contributed by atoms with Crippen LogP contribution in [0, 0.1) is 11.2 Å². The third-order valence-electron chi connectivity index (χ3n) is 8.99. The molecule has 5 nitrogen and oxygen atoms in total. The Bertz CT molecular complexity index is 1120. The smallest absolute Gasteiger partial charge is 0.315 e. The summed E-state index contributed by atoms with van der Waals surface area (Å²) in [5.41, 5.74) is 3.21. The SMILES string of the molecule is CC12CC3CC(NC(=O)NC4CCN(C(=O)c5ccccc5F)CC4)(CC(C1)c1ccccc13)C2. The molecule has 3 amide bonds. The van der Waals surface area contributed by atoms with Crippen LogP contribution in [0.2, 0.25) is 0 Å². The third kappa shape index (κ3) is 4.11. The summed E-state index contributed by atoms with van der Waals surface area (Å²) in [4.78, 5) is 27.6. The van der Waals surface area contributed by atoms with Gasteiger partial charge < -0.3 is 15.5 Å². The second-order valence-corrected chi connectivity index (χ2v) is 11.8. The highest BCUT2D eigenvalue weighted by Crippen LogP contribution is 2.62. The zero-order chi connectivity index (χ0) is 24.2. The molecule has 4 aliphatic carbocycles. The van der Waals surface area contributed by atoms with E-state index in [2.05, 4.69) is 41.8 Å². The fraction of sp³-hybridized carbons (Fsp3) is 0.517. The van der Waals surface area contributed by atoms with Crippen molar-refractivity contribution in [3.63, 3.8) is 0 Å². The van der Waals surface area contributed by atoms with Crippen molar-refractivity contribution in [3.05, 3.63) is 71.0 Å². The van der Waals surface area contributed by atoms with E-state index in [9.17, 15) is 14.0 Å². The number of piperidine rings is 1. The maximum atomic E-state index is 14.0. The molecule has 2 aromatic rings. The molecule has 3 fully saturated rings. The lowest BCUT2D eigenvalue weighted by Crippen LogP contribution is -2.60. The Kier molecular flexibility index (Phi) is 5.39. The average Bonchev–Trinajstić information content (AvgIpc) is 2.97. The van der Waals surface area contributed by atoms with Gasteiger partial charge in [0.2, 0.25) is 0 Å². The summed E-state index contributed by atoms with van der Waals surface area (Å²) in [6.45, 7) is 3.44. The minimum Gasteiger partial charge on any atom is -0.338 e. The number of hydrogen-bond acceptors (Lipinski definition) is 2. The number of amides is 3. The van der Waals surface area contributed by atoms with Gasteiger partial charge >= 0.3 is 6.03 Å². The molecular formula is C29H34FN3O2. The zero-order valence-corrected chi connectivity index (χ0v) is 20.4. The van der Waals surface area contributed by atoms with E-state index in [0.29, 0.717) is 37.8 Å². The molecule has 2 aromatic carbocycles. The van der Waals surface area contributed by atoms with E-state index in [4.69, 9.17) is 0 Å². The van der Waals surface area contributed by atoms with Crippen LogP contribution < -0.4 is 10.6 Å². The van der Waals surface area contributed by atoms with E-state index >= 15 is 0 Å². The number of nitrogens with one attached hydrogen (secondary N) is 2. The number of urea groups is 1. The van der Waals surface area contributed by atoms with Gasteiger partial charge in [0.05, 0.1) is 5.56 Å². The van der Waals surface area contributed by atoms with Crippen LogP contribution in [0.3, 0.4) is 0 Å². The number of nitrogens with zero attached hydrogens (tertiary/aromatic N) is 1. The number of carbonyl (C=O) groups excluding carboxylic acids is 2. The number of likely N-dealkylation sites (tertiary alicyclic amines) is 1. The van der Waals surface area contributed by atoms with Crippen LogP contribution in [0.25, 0.3) is 0 Å². The van der Waals surface area contributed by atoms with E-state index in [-0.39, 0.29) is 34.5 Å². The van der Waals surface area contributed by atoms with Gasteiger partial charge in [-0.05, 0) is 85.5 Å². The molecule has 0 aromatic heterocycles. The van der Waals surface area contributed by atoms with Gasteiger partial charge in [-0.3, -0.25) is 4.79 Å². The second kappa shape index (κ2) is 8.35. The first kappa shape index (κ1) is 22.6. The van der Waals surface area contributed by atoms with Crippen LogP contribution in [-0.2, 0) is 0 Å². The summed E-state index contributed by atoms with van der Waals surface area (Å²) in [7, 11) is 0. The summed E-state index contributed by atoms with van der Waals surface area (Å²) in [6.07, 6.45) is 6.84. The lowest BCUT2D eigenvalue weighted by molar-refractivity contribution is 0.0370. The van der Waals surface area contributed by atoms with Gasteiger partial charge in [0.25, 0.3) is 5.91 Å². The van der Waals surface area contributed by atoms with Gasteiger partial charge in [-0.15, -0.1) is 0 Å². The van der Waals surface area contributed by atoms with Crippen LogP contribution in [0.4, 0.5) is 9.18 Å². The van der Waals surface area contributed by atoms with Crippen LogP contribution in [-0.4, -0.2) is 41.5 Å². The minimum atomic E-state index is -0.487. The summed E-state index contributed by atoms with van der Waals surface area (Å²) in [6, 6.07) is 15.0. The molecule has 35 heavy (non-hydrogen) atoms. The minimum absolute atomic E-state index is 0.0172. The van der Waals surface area contributed by atoms with Crippen molar-refractivity contribution in [1.29, 1.82) is 0 Å². The van der Waals surface area contributed by atoms with Crippen molar-refractivity contribution in [1.82, 2.24) is 15.5 Å². The molecule has 0 spiro atoms. The molecule has 1 aliphatic heterocycles. The van der Waals surface area contributed by atoms with E-state index in [1.165, 1.54) is 36.1 Å². The molecule has 6 heteroatoms. The lowest BCUT2D eigenvalue weighted by atomic mass is 9.55. The second-order valence-electron chi connectivity index (χ2n) is 11.8. The maximum Gasteiger partial charge on any atom is 0.315 e. The number of halogens is 1. The number of carbonyl (C=O) groups is 2. The van der Waals surface area contributed by atoms with Crippen molar-refractivity contribution < 1.29 is 14.0 Å². The van der Waals surface area contributed by atoms with E-state index in [1.807, 2.05) is 0 Å². The molecule has 7 rings (SSSR count). The molecule has 2 saturated carbocycles. The number of hydrogen-bond donors (Lipinski definition) is 2. The summed E-state index contributed by atoms with van der Waals surface area (Å²) in [5.74, 6) is 0.249. The van der Waals surface area contributed by atoms with Crippen LogP contribution >= 0.6 is 0 Å². The largest absolute Gasteiger partial charge is 0.338 e. The summed E-state index contributed by atoms with van der Waals surface area (Å²) >= 11 is 0. The molecule has 4 bridgehead atoms. The van der Waals surface area contributed by atoms with Crippen molar-refractivity contribution in [3.8, 4) is 0 Å². The first-order valence-electron chi connectivity index (χ1n) is 13.0. The molecular weight excluding hydrogens is 441 g/mol. The first-order chi connectivity index (χ1) is 16.8. The quantitative estimate of drug-likeness (QED) is 0.630. The highest BCUT2D eigenvalue weighted by atomic mass is 19.1. The van der Waals surface area contributed by atoms with Crippen LogP contribution in [0.1, 0.15) is 85.2 Å². The monoisotopic (exact) mass is 475 g/mol. The van der Waals surface area contributed by atoms with E-state index < -0.39 is 5.82 Å². The van der Waals surface area contributed by atoms with Crippen molar-refractivity contribution >= 4 is 11.9 Å². The fourth-order valence-corrected chi connectivity index (χ4v) is 7.88. The Labute approximate surface area is 206 Å². The van der Waals surface area contributed by atoms with Crippen molar-refractivity contribution in [2.24, 2.45) is 5.41 Å². The Morgan fingerprint density at radius 3 is 2.14 bits per heavy atom. The van der Waals surface area contributed by atoms with Crippen LogP contribution in [0.15, 0.2) is 48.5 Å². The highest BCUT2D eigenvalue weighted by Gasteiger charge is 2.55. The molecule has 2 N–H and O–H groups in total. The van der Waals surface area contributed by atoms with Gasteiger partial charge in [0, 0.05) is 24.7 Å². The van der Waals surface area contributed by atoms with Gasteiger partial charge in [-0.1, -0.05) is 43.3 Å². The van der Waals surface area contributed by atoms with Crippen molar-refractivity contribution in [2.75, 3.05) is 13.1 Å². The fourth-order valence-electron chi connectivity index (χ4n) is 7.88. The van der Waals surface area contributed by atoms with Gasteiger partial charge in [0.15, 0.2) is 0 Å². The first-order valence-corrected chi connectivity index (χ1v) is 13.0. The summed E-state index contributed by atoms with van der Waals surface area (Å²) in [5, 5.41) is 6.66. The lowest BCUT2D eigenvalue weighted by Gasteiger charge is -2.54. The predicted molar refractivity (Wildman–Crippen MR) is 133 cm³/mol. The molecule has 184 valence electrons. The highest BCUT2D eigenvalue weighted by molar-refractivity contribution is 5.94. The topological polar surface area (TPSA) is 61.4 Å². The molecule has 1 heterocycles. The number of benzene rings is 2. The maximum absolute atomic E-state index is 14.0. The molecule has 0 radical (unpaired) electrons. The standard InChI is InChI=1S/C29H34FN3O2/c1-28-14-19-16-29(18-28,17-20(15-28)23-7-3-2-6-22(19)23)32-27(35)31-21-10-12-33(13-11-21)26(34)24-8-4-5-9-25(24)30/h2-9,19-21H,10-18H2,1H3,(H2,31,32,35). The van der Waals surface area contributed by atoms with Gasteiger partial charge in [-0.2, -0.15) is 0 Å². The normalized spacial score (nSPS) is 31.5. The Morgan fingerprint density at radius 2 is 1.51 bits per heavy atom. The Morgan fingerprint density at radius 1 is 0.914 bits per heavy atom. The molecule has 5 aliphatic rings. The number of rotatable bonds is 3. The third-order valence-corrected chi connectivity index (χ3v) is 8.99. The summed E-state index contributed by atoms with van der Waals surface area (Å²) < 4.78 is 14.0. The average molecular weight is 476 g/mol. The predicted octanol–water partition coefficient (Wildman–Crippen LogP) is 5.33. The molecule has 2 unspecified atom stereocenters. The Hall–Kier alpha value is -2.89. The Balaban J connectivity index is 1.09. The van der Waals surface area contributed by atoms with Crippen LogP contribution in [0.5, 0.6) is 0 Å². The molecule has 1 saturated heterocycles. The van der Waals surface area contributed by atoms with E-state index in [0.717, 1.165) is 19.3 Å². The zero-order valence-electron chi connectivity index (χ0n) is 20.4. The molecule has 2 atom stereocenters. The van der Waals surface area contributed by atoms with Crippen molar-refractivity contribution in [2.45, 2.75) is 75.3 Å². The van der Waals surface area contributed by atoms with Gasteiger partial charge in [0.1, 0.15) is 5.82 Å². The van der Waals surface area contributed by atoms with Gasteiger partial charge in [-0.25, -0.2) is 9.18 Å².